The zero-order chi connectivity index (χ0) is 31.4. The largest absolute Gasteiger partial charge is 0.493 e. The van der Waals surface area contributed by atoms with Crippen LogP contribution in [0.4, 0.5) is 5.69 Å². The summed E-state index contributed by atoms with van der Waals surface area (Å²) in [7, 11) is -1.53. The van der Waals surface area contributed by atoms with Crippen LogP contribution in [0.15, 0.2) is 60.7 Å². The fourth-order valence-corrected chi connectivity index (χ4v) is 10.1. The van der Waals surface area contributed by atoms with Crippen LogP contribution in [0, 0.1) is 5.92 Å². The van der Waals surface area contributed by atoms with Gasteiger partial charge in [-0.3, -0.25) is 4.79 Å². The summed E-state index contributed by atoms with van der Waals surface area (Å²) in [6.45, 7) is 5.71. The summed E-state index contributed by atoms with van der Waals surface area (Å²) >= 11 is 6.25. The fourth-order valence-electron chi connectivity index (χ4n) is 7.39. The number of benzene rings is 3. The Bertz CT molecular complexity index is 1630. The Morgan fingerprint density at radius 3 is 2.20 bits per heavy atom. The Morgan fingerprint density at radius 1 is 0.977 bits per heavy atom. The van der Waals surface area contributed by atoms with E-state index in [2.05, 4.69) is 0 Å². The van der Waals surface area contributed by atoms with Crippen molar-refractivity contribution in [2.45, 2.75) is 87.5 Å². The molecule has 9 heteroatoms. The Hall–Kier alpha value is -3.07. The summed E-state index contributed by atoms with van der Waals surface area (Å²) in [5, 5.41) is 11.7. The number of halogens is 1. The number of ether oxygens (including phenoxy) is 2. The maximum absolute atomic E-state index is 13.9. The number of hydrogen-bond acceptors (Lipinski definition) is 6. The van der Waals surface area contributed by atoms with Crippen molar-refractivity contribution in [3.05, 3.63) is 87.9 Å². The van der Waals surface area contributed by atoms with E-state index in [0.29, 0.717) is 53.5 Å². The lowest BCUT2D eigenvalue weighted by atomic mass is 9.75. The van der Waals surface area contributed by atoms with Crippen LogP contribution in [-0.4, -0.2) is 43.1 Å². The molecule has 3 heterocycles. The molecule has 2 bridgehead atoms. The molecule has 6 rings (SSSR count). The lowest BCUT2D eigenvalue weighted by Gasteiger charge is -2.44. The molecular formula is C35H40ClNO6S. The standard InChI is InChI=1S/C35H40ClNO6S/c1-21(2)43-32-20-30-23(16-31(32)42-4)17-33(38)37(34(30)22-8-12-26(36)13-9-22)27-14-10-24(11-15-27)35(3,39)25-18-28-6-5-7-29(19-25)44(28,40)41/h8-16,20-21,25,28-29,34,39H,5-7,17-19H2,1-4H3/t25?,28?,29?,34-,35+/m0/s1. The topological polar surface area (TPSA) is 93.1 Å². The van der Waals surface area contributed by atoms with Gasteiger partial charge in [0.25, 0.3) is 0 Å². The molecular weight excluding hydrogens is 598 g/mol. The second kappa shape index (κ2) is 11.7. The summed E-state index contributed by atoms with van der Waals surface area (Å²) in [6.07, 6.45) is 3.33. The van der Waals surface area contributed by atoms with E-state index in [1.807, 2.05) is 74.5 Å². The first-order valence-corrected chi connectivity index (χ1v) is 17.4. The van der Waals surface area contributed by atoms with Gasteiger partial charge in [-0.05, 0) is 111 Å². The highest BCUT2D eigenvalue weighted by molar-refractivity contribution is 7.92. The fraction of sp³-hybridized carbons (Fsp3) is 0.457. The SMILES string of the molecule is COc1cc2c(cc1OC(C)C)[C@H](c1ccc(Cl)cc1)N(c1ccc([C@@](C)(O)C3CC4CCCC(C3)S4(=O)=O)cc1)C(=O)C2. The van der Waals surface area contributed by atoms with Crippen molar-refractivity contribution in [1.29, 1.82) is 0 Å². The number of hydrogen-bond donors (Lipinski definition) is 1. The Balaban J connectivity index is 1.37. The Kier molecular flexibility index (Phi) is 8.22. The van der Waals surface area contributed by atoms with Crippen LogP contribution in [0.2, 0.25) is 5.02 Å². The number of carbonyl (C=O) groups excluding carboxylic acids is 1. The van der Waals surface area contributed by atoms with Crippen molar-refractivity contribution in [3.63, 3.8) is 0 Å². The summed E-state index contributed by atoms with van der Waals surface area (Å²) in [5.74, 6) is 0.966. The number of anilines is 1. The van der Waals surface area contributed by atoms with E-state index in [-0.39, 0.29) is 34.8 Å². The minimum Gasteiger partial charge on any atom is -0.493 e. The van der Waals surface area contributed by atoms with Gasteiger partial charge in [0.2, 0.25) is 5.91 Å². The minimum absolute atomic E-state index is 0.0677. The molecule has 2 fully saturated rings. The molecule has 3 aliphatic rings. The molecule has 0 aromatic heterocycles. The first-order valence-electron chi connectivity index (χ1n) is 15.4. The monoisotopic (exact) mass is 637 g/mol. The number of sulfone groups is 1. The van der Waals surface area contributed by atoms with Crippen molar-refractivity contribution >= 4 is 33.0 Å². The predicted octanol–water partition coefficient (Wildman–Crippen LogP) is 6.77. The Labute approximate surface area is 265 Å². The van der Waals surface area contributed by atoms with E-state index in [0.717, 1.165) is 23.1 Å². The molecule has 4 atom stereocenters. The molecule has 2 unspecified atom stereocenters. The summed E-state index contributed by atoms with van der Waals surface area (Å²) in [5.41, 5.74) is 2.93. The average Bonchev–Trinajstić information content (AvgIpc) is 2.96. The van der Waals surface area contributed by atoms with E-state index >= 15 is 0 Å². The van der Waals surface area contributed by atoms with Crippen molar-refractivity contribution in [1.82, 2.24) is 0 Å². The van der Waals surface area contributed by atoms with Crippen molar-refractivity contribution in [2.24, 2.45) is 5.92 Å². The highest BCUT2D eigenvalue weighted by Crippen LogP contribution is 2.48. The zero-order valence-electron chi connectivity index (χ0n) is 25.6. The summed E-state index contributed by atoms with van der Waals surface area (Å²) in [6, 6.07) is 18.4. The molecule has 2 saturated heterocycles. The maximum atomic E-state index is 13.9. The van der Waals surface area contributed by atoms with Crippen LogP contribution in [0.5, 0.6) is 11.5 Å². The highest BCUT2D eigenvalue weighted by atomic mass is 35.5. The predicted molar refractivity (Wildman–Crippen MR) is 172 cm³/mol. The average molecular weight is 638 g/mol. The third-order valence-corrected chi connectivity index (χ3v) is 12.7. The quantitative estimate of drug-likeness (QED) is 0.307. The number of aliphatic hydroxyl groups is 1. The van der Waals surface area contributed by atoms with Crippen LogP contribution in [0.25, 0.3) is 0 Å². The van der Waals surface area contributed by atoms with Gasteiger partial charge in [0, 0.05) is 10.7 Å². The van der Waals surface area contributed by atoms with Gasteiger partial charge in [-0.15, -0.1) is 0 Å². The molecule has 3 aliphatic heterocycles. The lowest BCUT2D eigenvalue weighted by Crippen LogP contribution is -2.48. The zero-order valence-corrected chi connectivity index (χ0v) is 27.2. The van der Waals surface area contributed by atoms with Crippen LogP contribution in [0.1, 0.15) is 81.2 Å². The molecule has 234 valence electrons. The van der Waals surface area contributed by atoms with E-state index in [4.69, 9.17) is 21.1 Å². The highest BCUT2D eigenvalue weighted by Gasteiger charge is 2.49. The van der Waals surface area contributed by atoms with Crippen LogP contribution < -0.4 is 14.4 Å². The molecule has 44 heavy (non-hydrogen) atoms. The van der Waals surface area contributed by atoms with Gasteiger partial charge < -0.3 is 19.5 Å². The smallest absolute Gasteiger partial charge is 0.232 e. The molecule has 1 N–H and O–H groups in total. The maximum Gasteiger partial charge on any atom is 0.232 e. The van der Waals surface area contributed by atoms with Crippen LogP contribution >= 0.6 is 11.6 Å². The second-order valence-corrected chi connectivity index (χ2v) is 15.8. The van der Waals surface area contributed by atoms with Crippen molar-refractivity contribution < 1.29 is 27.8 Å². The second-order valence-electron chi connectivity index (χ2n) is 12.9. The van der Waals surface area contributed by atoms with Gasteiger partial charge in [-0.1, -0.05) is 42.3 Å². The van der Waals surface area contributed by atoms with E-state index in [9.17, 15) is 18.3 Å². The lowest BCUT2D eigenvalue weighted by molar-refractivity contribution is -0.118. The third-order valence-electron chi connectivity index (χ3n) is 9.74. The minimum atomic E-state index is -3.12. The summed E-state index contributed by atoms with van der Waals surface area (Å²) in [4.78, 5) is 15.7. The number of fused-ring (bicyclic) bond motifs is 3. The van der Waals surface area contributed by atoms with Crippen LogP contribution in [0.3, 0.4) is 0 Å². The van der Waals surface area contributed by atoms with Gasteiger partial charge in [-0.2, -0.15) is 0 Å². The molecule has 0 spiro atoms. The van der Waals surface area contributed by atoms with E-state index in [1.165, 1.54) is 0 Å². The molecule has 7 nitrogen and oxygen atoms in total. The molecule has 3 aromatic rings. The Morgan fingerprint density at radius 2 is 1.61 bits per heavy atom. The number of rotatable bonds is 7. The summed E-state index contributed by atoms with van der Waals surface area (Å²) < 4.78 is 37.5. The normalized spacial score (nSPS) is 25.7. The van der Waals surface area contributed by atoms with Gasteiger partial charge in [0.1, 0.15) is 0 Å². The van der Waals surface area contributed by atoms with Crippen LogP contribution in [-0.2, 0) is 26.7 Å². The first-order chi connectivity index (χ1) is 20.9. The molecule has 0 aliphatic carbocycles. The molecule has 0 saturated carbocycles. The first kappa shape index (κ1) is 30.9. The molecule has 0 radical (unpaired) electrons. The van der Waals surface area contributed by atoms with Crippen molar-refractivity contribution in [3.8, 4) is 11.5 Å². The number of methoxy groups -OCH3 is 1. The van der Waals surface area contributed by atoms with Gasteiger partial charge in [0.05, 0.1) is 41.8 Å². The molecule has 1 amide bonds. The number of amides is 1. The number of nitrogens with zero attached hydrogens (tertiary/aromatic N) is 1. The van der Waals surface area contributed by atoms with Crippen molar-refractivity contribution in [2.75, 3.05) is 12.0 Å². The number of carbonyl (C=O) groups is 1. The van der Waals surface area contributed by atoms with E-state index < -0.39 is 21.5 Å². The van der Waals surface area contributed by atoms with Gasteiger partial charge >= 0.3 is 0 Å². The van der Waals surface area contributed by atoms with Gasteiger partial charge in [0.15, 0.2) is 21.3 Å². The van der Waals surface area contributed by atoms with E-state index in [1.54, 1.807) is 18.9 Å². The molecule has 3 aromatic carbocycles. The third kappa shape index (κ3) is 5.50. The van der Waals surface area contributed by atoms with Gasteiger partial charge in [-0.25, -0.2) is 8.42 Å².